The summed E-state index contributed by atoms with van der Waals surface area (Å²) in [6, 6.07) is 10.3. The van der Waals surface area contributed by atoms with E-state index >= 15 is 0 Å². The molecule has 0 saturated carbocycles. The van der Waals surface area contributed by atoms with Crippen molar-refractivity contribution in [2.24, 2.45) is 17.6 Å². The monoisotopic (exact) mass is 339 g/mol. The maximum atomic E-state index is 12.1. The number of likely N-dealkylation sites (tertiary alicyclic amines) is 1. The third kappa shape index (κ3) is 5.79. The van der Waals surface area contributed by atoms with Gasteiger partial charge in [0.1, 0.15) is 0 Å². The minimum atomic E-state index is -0.413. The Balaban J connectivity index is 0.00000264. The molecule has 0 radical (unpaired) electrons. The van der Waals surface area contributed by atoms with Gasteiger partial charge in [0.15, 0.2) is 0 Å². The molecular weight excluding hydrogens is 310 g/mol. The Bertz CT molecular complexity index is 480. The fraction of sp³-hybridized carbons (Fsp3) is 0.611. The van der Waals surface area contributed by atoms with Gasteiger partial charge in [-0.25, -0.2) is 0 Å². The topological polar surface area (TPSA) is 58.4 Å². The van der Waals surface area contributed by atoms with Crippen molar-refractivity contribution in [3.63, 3.8) is 0 Å². The van der Waals surface area contributed by atoms with E-state index in [1.807, 2.05) is 19.9 Å². The molecule has 130 valence electrons. The normalized spacial score (nSPS) is 20.8. The fourth-order valence-electron chi connectivity index (χ4n) is 3.00. The Morgan fingerprint density at radius 2 is 1.96 bits per heavy atom. The van der Waals surface area contributed by atoms with Crippen LogP contribution in [-0.2, 0) is 11.3 Å². The average molecular weight is 340 g/mol. The van der Waals surface area contributed by atoms with Gasteiger partial charge in [0.05, 0.1) is 6.04 Å². The lowest BCUT2D eigenvalue weighted by molar-refractivity contribution is -0.124. The first-order valence-corrected chi connectivity index (χ1v) is 8.29. The van der Waals surface area contributed by atoms with E-state index in [0.717, 1.165) is 26.1 Å². The van der Waals surface area contributed by atoms with Crippen LogP contribution in [0.4, 0.5) is 0 Å². The molecule has 1 saturated heterocycles. The fourth-order valence-corrected chi connectivity index (χ4v) is 3.00. The van der Waals surface area contributed by atoms with E-state index in [0.29, 0.717) is 5.92 Å². The lowest BCUT2D eigenvalue weighted by Crippen LogP contribution is -2.49. The third-order valence-electron chi connectivity index (χ3n) is 4.66. The maximum Gasteiger partial charge on any atom is 0.237 e. The Hall–Kier alpha value is -1.10. The van der Waals surface area contributed by atoms with Crippen LogP contribution in [0.2, 0.25) is 0 Å². The lowest BCUT2D eigenvalue weighted by Gasteiger charge is -2.24. The summed E-state index contributed by atoms with van der Waals surface area (Å²) < 4.78 is 0. The average Bonchev–Trinajstić information content (AvgIpc) is 2.96. The molecule has 1 fully saturated rings. The number of nitrogens with zero attached hydrogens (tertiary/aromatic N) is 1. The van der Waals surface area contributed by atoms with Gasteiger partial charge in [-0.15, -0.1) is 12.4 Å². The molecule has 3 atom stereocenters. The molecule has 0 bridgehead atoms. The molecule has 23 heavy (non-hydrogen) atoms. The molecule has 1 heterocycles. The predicted octanol–water partition coefficient (Wildman–Crippen LogP) is 2.42. The molecule has 2 rings (SSSR count). The molecule has 2 unspecified atom stereocenters. The van der Waals surface area contributed by atoms with Crippen LogP contribution >= 0.6 is 12.4 Å². The highest BCUT2D eigenvalue weighted by atomic mass is 35.5. The number of benzene rings is 1. The van der Waals surface area contributed by atoms with Crippen molar-refractivity contribution in [2.75, 3.05) is 13.1 Å². The highest BCUT2D eigenvalue weighted by molar-refractivity contribution is 5.85. The van der Waals surface area contributed by atoms with E-state index in [4.69, 9.17) is 5.73 Å². The smallest absolute Gasteiger partial charge is 0.237 e. The van der Waals surface area contributed by atoms with Crippen LogP contribution in [0.1, 0.15) is 32.8 Å². The van der Waals surface area contributed by atoms with Crippen molar-refractivity contribution >= 4 is 18.3 Å². The van der Waals surface area contributed by atoms with Crippen LogP contribution in [-0.4, -0.2) is 36.0 Å². The summed E-state index contributed by atoms with van der Waals surface area (Å²) in [4.78, 5) is 14.5. The van der Waals surface area contributed by atoms with E-state index in [9.17, 15) is 4.79 Å². The second kappa shape index (κ2) is 9.26. The number of nitrogens with two attached hydrogens (primary N) is 1. The molecule has 4 nitrogen and oxygen atoms in total. The Labute approximate surface area is 146 Å². The molecule has 1 aliphatic heterocycles. The molecule has 5 heteroatoms. The van der Waals surface area contributed by atoms with Gasteiger partial charge in [-0.2, -0.15) is 0 Å². The number of amides is 1. The first kappa shape index (κ1) is 19.9. The summed E-state index contributed by atoms with van der Waals surface area (Å²) in [6.07, 6.45) is 1.13. The van der Waals surface area contributed by atoms with Crippen LogP contribution in [0, 0.1) is 11.8 Å². The van der Waals surface area contributed by atoms with Crippen molar-refractivity contribution in [1.29, 1.82) is 0 Å². The van der Waals surface area contributed by atoms with Crippen molar-refractivity contribution in [3.05, 3.63) is 35.9 Å². The maximum absolute atomic E-state index is 12.1. The first-order chi connectivity index (χ1) is 10.5. The van der Waals surface area contributed by atoms with Crippen LogP contribution < -0.4 is 11.1 Å². The molecule has 3 N–H and O–H groups in total. The predicted molar refractivity (Wildman–Crippen MR) is 97.5 cm³/mol. The van der Waals surface area contributed by atoms with Crippen molar-refractivity contribution in [1.82, 2.24) is 10.2 Å². The van der Waals surface area contributed by atoms with Gasteiger partial charge in [-0.1, -0.05) is 44.2 Å². The first-order valence-electron chi connectivity index (χ1n) is 8.29. The van der Waals surface area contributed by atoms with Crippen LogP contribution in [0.25, 0.3) is 0 Å². The molecular formula is C18H30ClN3O. The number of nitrogens with one attached hydrogen (secondary N) is 1. The van der Waals surface area contributed by atoms with E-state index < -0.39 is 6.04 Å². The molecule has 0 aliphatic carbocycles. The number of carbonyl (C=O) groups excluding carboxylic acids is 1. The molecule has 0 aromatic heterocycles. The number of hydrogen-bond donors (Lipinski definition) is 2. The van der Waals surface area contributed by atoms with E-state index in [-0.39, 0.29) is 30.3 Å². The second-order valence-corrected chi connectivity index (χ2v) is 6.84. The summed E-state index contributed by atoms with van der Waals surface area (Å²) in [5, 5.41) is 3.10. The molecule has 1 amide bonds. The zero-order valence-corrected chi connectivity index (χ0v) is 15.2. The van der Waals surface area contributed by atoms with E-state index in [2.05, 4.69) is 41.4 Å². The summed E-state index contributed by atoms with van der Waals surface area (Å²) in [7, 11) is 0. The molecule has 0 spiro atoms. The number of rotatable bonds is 6. The Morgan fingerprint density at radius 3 is 2.57 bits per heavy atom. The highest BCUT2D eigenvalue weighted by Crippen LogP contribution is 2.21. The van der Waals surface area contributed by atoms with Gasteiger partial charge in [-0.05, 0) is 37.3 Å². The third-order valence-corrected chi connectivity index (χ3v) is 4.66. The zero-order chi connectivity index (χ0) is 16.1. The second-order valence-electron chi connectivity index (χ2n) is 6.84. The molecule has 1 aliphatic rings. The van der Waals surface area contributed by atoms with Crippen LogP contribution in [0.5, 0.6) is 0 Å². The van der Waals surface area contributed by atoms with E-state index in [1.54, 1.807) is 0 Å². The SMILES string of the molecule is CC(NC(=O)[C@@H](N)C(C)C)C1CCN(Cc2ccccc2)C1.Cl. The van der Waals surface area contributed by atoms with Gasteiger partial charge >= 0.3 is 0 Å². The largest absolute Gasteiger partial charge is 0.352 e. The van der Waals surface area contributed by atoms with Crippen LogP contribution in [0.3, 0.4) is 0 Å². The lowest BCUT2D eigenvalue weighted by atomic mass is 9.99. The van der Waals surface area contributed by atoms with Gasteiger partial charge in [0.2, 0.25) is 5.91 Å². The Morgan fingerprint density at radius 1 is 1.30 bits per heavy atom. The van der Waals surface area contributed by atoms with Gasteiger partial charge in [0.25, 0.3) is 0 Å². The molecule has 1 aromatic carbocycles. The van der Waals surface area contributed by atoms with Gasteiger partial charge < -0.3 is 11.1 Å². The summed E-state index contributed by atoms with van der Waals surface area (Å²) in [6.45, 7) is 9.17. The summed E-state index contributed by atoms with van der Waals surface area (Å²) in [5.74, 6) is 0.654. The zero-order valence-electron chi connectivity index (χ0n) is 14.4. The molecule has 1 aromatic rings. The van der Waals surface area contributed by atoms with Crippen molar-refractivity contribution in [2.45, 2.75) is 45.8 Å². The minimum absolute atomic E-state index is 0. The summed E-state index contributed by atoms with van der Waals surface area (Å²) in [5.41, 5.74) is 7.26. The van der Waals surface area contributed by atoms with Gasteiger partial charge in [0, 0.05) is 19.1 Å². The van der Waals surface area contributed by atoms with Crippen LogP contribution in [0.15, 0.2) is 30.3 Å². The quantitative estimate of drug-likeness (QED) is 0.836. The minimum Gasteiger partial charge on any atom is -0.352 e. The number of hydrogen-bond acceptors (Lipinski definition) is 3. The highest BCUT2D eigenvalue weighted by Gasteiger charge is 2.29. The van der Waals surface area contributed by atoms with E-state index in [1.165, 1.54) is 5.56 Å². The van der Waals surface area contributed by atoms with Gasteiger partial charge in [-0.3, -0.25) is 9.69 Å². The standard InChI is InChI=1S/C18H29N3O.ClH/c1-13(2)17(19)18(22)20-14(3)16-9-10-21(12-16)11-15-7-5-4-6-8-15;/h4-8,13-14,16-17H,9-12,19H2,1-3H3,(H,20,22);1H/t14?,16?,17-;/m0./s1. The Kier molecular flexibility index (Phi) is 8.03. The van der Waals surface area contributed by atoms with Crippen molar-refractivity contribution in [3.8, 4) is 0 Å². The number of carbonyl (C=O) groups is 1. The summed E-state index contributed by atoms with van der Waals surface area (Å²) >= 11 is 0. The number of halogens is 1. The van der Waals surface area contributed by atoms with Crippen molar-refractivity contribution < 1.29 is 4.79 Å².